The first kappa shape index (κ1) is 19.1. The zero-order valence-electron chi connectivity index (χ0n) is 17.7. The smallest absolute Gasteiger partial charge is 0.181 e. The van der Waals surface area contributed by atoms with E-state index in [1.807, 2.05) is 18.5 Å². The van der Waals surface area contributed by atoms with Crippen molar-refractivity contribution in [3.05, 3.63) is 47.6 Å². The van der Waals surface area contributed by atoms with E-state index in [4.69, 9.17) is 15.1 Å². The fourth-order valence-corrected chi connectivity index (χ4v) is 5.88. The lowest BCUT2D eigenvalue weighted by molar-refractivity contribution is 0.221. The predicted octanol–water partition coefficient (Wildman–Crippen LogP) is 4.16. The Labute approximate surface area is 185 Å². The average molecular weight is 435 g/mol. The first-order chi connectivity index (χ1) is 15.1. The van der Waals surface area contributed by atoms with Gasteiger partial charge in [-0.1, -0.05) is 11.8 Å². The Hall–Kier alpha value is -2.61. The standard InChI is InChI=1S/C23H26N6OS/c1-14-18(4-7-25-20(14)15-2-3-15)31-22-21(24)28-19(12-26-22)29-8-5-23(6-9-29)10-16-17(11-23)30-13-27-16/h4,7,12-13,15H,2-3,5-6,8-11H2,1H3,(H2,24,28). The van der Waals surface area contributed by atoms with Gasteiger partial charge in [0.15, 0.2) is 12.2 Å². The van der Waals surface area contributed by atoms with E-state index in [1.165, 1.54) is 24.1 Å². The highest BCUT2D eigenvalue weighted by molar-refractivity contribution is 7.99. The molecule has 0 atom stereocenters. The lowest BCUT2D eigenvalue weighted by atomic mass is 9.76. The topological polar surface area (TPSA) is 94.0 Å². The summed E-state index contributed by atoms with van der Waals surface area (Å²) in [5, 5.41) is 0.764. The van der Waals surface area contributed by atoms with Crippen molar-refractivity contribution in [2.45, 2.75) is 61.3 Å². The Morgan fingerprint density at radius 1 is 1.16 bits per heavy atom. The molecule has 4 heterocycles. The SMILES string of the molecule is Cc1c(Sc2ncc(N3CCC4(CC3)Cc3ncoc3C4)nc2N)ccnc1C1CC1. The Balaban J connectivity index is 1.15. The van der Waals surface area contributed by atoms with Crippen LogP contribution in [0.15, 0.2) is 39.2 Å². The first-order valence-electron chi connectivity index (χ1n) is 11.0. The van der Waals surface area contributed by atoms with Crippen LogP contribution >= 0.6 is 11.8 Å². The third kappa shape index (κ3) is 3.46. The number of rotatable bonds is 4. The summed E-state index contributed by atoms with van der Waals surface area (Å²) in [6.45, 7) is 4.06. The van der Waals surface area contributed by atoms with Gasteiger partial charge in [0.25, 0.3) is 0 Å². The lowest BCUT2D eigenvalue weighted by Gasteiger charge is -2.39. The average Bonchev–Trinajstić information content (AvgIpc) is 3.44. The highest BCUT2D eigenvalue weighted by Gasteiger charge is 2.42. The minimum absolute atomic E-state index is 0.297. The molecule has 3 aliphatic rings. The second-order valence-corrected chi connectivity index (χ2v) is 10.2. The molecule has 1 spiro atoms. The van der Waals surface area contributed by atoms with Crippen LogP contribution in [0.2, 0.25) is 0 Å². The number of aromatic nitrogens is 4. The number of hydrogen-bond acceptors (Lipinski definition) is 8. The van der Waals surface area contributed by atoms with Gasteiger partial charge in [-0.25, -0.2) is 15.0 Å². The molecule has 7 nitrogen and oxygen atoms in total. The molecule has 8 heteroatoms. The number of oxazole rings is 1. The summed E-state index contributed by atoms with van der Waals surface area (Å²) >= 11 is 1.59. The van der Waals surface area contributed by atoms with Crippen molar-refractivity contribution < 1.29 is 4.42 Å². The highest BCUT2D eigenvalue weighted by atomic mass is 32.2. The fraction of sp³-hybridized carbons (Fsp3) is 0.478. The quantitative estimate of drug-likeness (QED) is 0.654. The van der Waals surface area contributed by atoms with Gasteiger partial charge in [0, 0.05) is 42.2 Å². The van der Waals surface area contributed by atoms with Crippen molar-refractivity contribution in [1.82, 2.24) is 19.9 Å². The molecule has 2 fully saturated rings. The first-order valence-corrected chi connectivity index (χ1v) is 11.8. The van der Waals surface area contributed by atoms with Crippen molar-refractivity contribution in [1.29, 1.82) is 0 Å². The van der Waals surface area contributed by atoms with Crippen molar-refractivity contribution in [2.24, 2.45) is 5.41 Å². The number of fused-ring (bicyclic) bond motifs is 1. The van der Waals surface area contributed by atoms with Crippen LogP contribution in [0.25, 0.3) is 0 Å². The Kier molecular flexibility index (Phi) is 4.45. The minimum Gasteiger partial charge on any atom is -0.448 e. The number of piperidine rings is 1. The number of nitrogens with two attached hydrogens (primary N) is 1. The molecule has 1 aliphatic heterocycles. The summed E-state index contributed by atoms with van der Waals surface area (Å²) in [6.07, 6.45) is 12.1. The molecule has 1 saturated carbocycles. The predicted molar refractivity (Wildman–Crippen MR) is 119 cm³/mol. The molecule has 160 valence electrons. The normalized spacial score (nSPS) is 19.7. The van der Waals surface area contributed by atoms with E-state index < -0.39 is 0 Å². The summed E-state index contributed by atoms with van der Waals surface area (Å²) in [7, 11) is 0. The largest absolute Gasteiger partial charge is 0.448 e. The molecule has 0 amide bonds. The van der Waals surface area contributed by atoms with Gasteiger partial charge in [0.2, 0.25) is 0 Å². The molecular weight excluding hydrogens is 408 g/mol. The van der Waals surface area contributed by atoms with Crippen molar-refractivity contribution >= 4 is 23.4 Å². The number of anilines is 2. The maximum atomic E-state index is 6.34. The maximum absolute atomic E-state index is 6.34. The van der Waals surface area contributed by atoms with E-state index in [9.17, 15) is 0 Å². The van der Waals surface area contributed by atoms with Crippen LogP contribution in [0, 0.1) is 12.3 Å². The third-order valence-corrected chi connectivity index (χ3v) is 8.24. The molecule has 3 aromatic heterocycles. The van der Waals surface area contributed by atoms with Gasteiger partial charge in [-0.2, -0.15) is 0 Å². The Morgan fingerprint density at radius 2 is 2.00 bits per heavy atom. The monoisotopic (exact) mass is 434 g/mol. The van der Waals surface area contributed by atoms with Crippen molar-refractivity contribution in [3.63, 3.8) is 0 Å². The molecule has 2 N–H and O–H groups in total. The van der Waals surface area contributed by atoms with Crippen LogP contribution in [-0.2, 0) is 12.8 Å². The van der Waals surface area contributed by atoms with Crippen LogP contribution in [0.3, 0.4) is 0 Å². The molecule has 2 aliphatic carbocycles. The molecule has 0 unspecified atom stereocenters. The molecular formula is C23H26N6OS. The Morgan fingerprint density at radius 3 is 2.74 bits per heavy atom. The summed E-state index contributed by atoms with van der Waals surface area (Å²) in [6, 6.07) is 2.05. The van der Waals surface area contributed by atoms with E-state index in [2.05, 4.69) is 26.8 Å². The summed E-state index contributed by atoms with van der Waals surface area (Å²) in [5.41, 5.74) is 10.2. The number of hydrogen-bond donors (Lipinski definition) is 1. The molecule has 1 saturated heterocycles. The van der Waals surface area contributed by atoms with Crippen molar-refractivity contribution in [3.8, 4) is 0 Å². The zero-order chi connectivity index (χ0) is 21.0. The lowest BCUT2D eigenvalue weighted by Crippen LogP contribution is -2.41. The van der Waals surface area contributed by atoms with Crippen LogP contribution in [-0.4, -0.2) is 33.0 Å². The molecule has 0 radical (unpaired) electrons. The van der Waals surface area contributed by atoms with Gasteiger partial charge in [-0.3, -0.25) is 4.98 Å². The summed E-state index contributed by atoms with van der Waals surface area (Å²) in [5.74, 6) is 3.07. The minimum atomic E-state index is 0.297. The second-order valence-electron chi connectivity index (χ2n) is 9.18. The molecule has 0 bridgehead atoms. The van der Waals surface area contributed by atoms with Crippen molar-refractivity contribution in [2.75, 3.05) is 23.7 Å². The molecule has 31 heavy (non-hydrogen) atoms. The second kappa shape index (κ2) is 7.22. The molecule has 3 aromatic rings. The van der Waals surface area contributed by atoms with E-state index in [0.29, 0.717) is 17.2 Å². The number of pyridine rings is 1. The van der Waals surface area contributed by atoms with Gasteiger partial charge >= 0.3 is 0 Å². The fourth-order valence-electron chi connectivity index (χ4n) is 5.03. The molecule has 0 aromatic carbocycles. The van der Waals surface area contributed by atoms with Gasteiger partial charge in [-0.15, -0.1) is 0 Å². The van der Waals surface area contributed by atoms with Crippen LogP contribution in [0.4, 0.5) is 11.6 Å². The molecule has 6 rings (SSSR count). The summed E-state index contributed by atoms with van der Waals surface area (Å²) < 4.78 is 5.56. The highest BCUT2D eigenvalue weighted by Crippen LogP contribution is 2.45. The van der Waals surface area contributed by atoms with Gasteiger partial charge < -0.3 is 15.1 Å². The van der Waals surface area contributed by atoms with Crippen LogP contribution < -0.4 is 10.6 Å². The third-order valence-electron chi connectivity index (χ3n) is 7.07. The van der Waals surface area contributed by atoms with Gasteiger partial charge in [-0.05, 0) is 56.1 Å². The number of nitrogens with zero attached hydrogens (tertiary/aromatic N) is 5. The zero-order valence-corrected chi connectivity index (χ0v) is 18.5. The van der Waals surface area contributed by atoms with Crippen LogP contribution in [0.5, 0.6) is 0 Å². The van der Waals surface area contributed by atoms with E-state index in [0.717, 1.165) is 66.0 Å². The Bertz CT molecular complexity index is 1110. The summed E-state index contributed by atoms with van der Waals surface area (Å²) in [4.78, 5) is 21.8. The van der Waals surface area contributed by atoms with Gasteiger partial charge in [0.1, 0.15) is 16.6 Å². The van der Waals surface area contributed by atoms with E-state index in [-0.39, 0.29) is 0 Å². The van der Waals surface area contributed by atoms with Gasteiger partial charge in [0.05, 0.1) is 11.9 Å². The number of nitrogen functional groups attached to an aromatic ring is 1. The van der Waals surface area contributed by atoms with Crippen LogP contribution in [0.1, 0.15) is 54.3 Å². The van der Waals surface area contributed by atoms with E-state index in [1.54, 1.807) is 18.2 Å². The van der Waals surface area contributed by atoms with E-state index >= 15 is 0 Å². The maximum Gasteiger partial charge on any atom is 0.181 e.